The zero-order valence-electron chi connectivity index (χ0n) is 15.8. The Morgan fingerprint density at radius 2 is 1.79 bits per heavy atom. The molecule has 0 aliphatic carbocycles. The second-order valence-electron chi connectivity index (χ2n) is 7.92. The summed E-state index contributed by atoms with van der Waals surface area (Å²) in [5.74, 6) is -2.19. The molecule has 3 heterocycles. The van der Waals surface area contributed by atoms with Gasteiger partial charge in [-0.1, -0.05) is 54.1 Å². The summed E-state index contributed by atoms with van der Waals surface area (Å²) in [7, 11) is 0. The highest BCUT2D eigenvalue weighted by Crippen LogP contribution is 2.53. The third-order valence-electron chi connectivity index (χ3n) is 6.40. The monoisotopic (exact) mass is 409 g/mol. The molecule has 0 saturated carbocycles. The normalized spacial score (nSPS) is 30.1. The number of nitrogens with zero attached hydrogens (tertiary/aromatic N) is 1. The predicted octanol–water partition coefficient (Wildman–Crippen LogP) is 2.32. The van der Waals surface area contributed by atoms with Crippen molar-refractivity contribution in [3.05, 3.63) is 64.7 Å². The Kier molecular flexibility index (Phi) is 4.05. The van der Waals surface area contributed by atoms with Gasteiger partial charge in [0.05, 0.1) is 22.5 Å². The summed E-state index contributed by atoms with van der Waals surface area (Å²) < 4.78 is 0. The van der Waals surface area contributed by atoms with Gasteiger partial charge in [0, 0.05) is 18.2 Å². The highest BCUT2D eigenvalue weighted by molar-refractivity contribution is 6.35. The van der Waals surface area contributed by atoms with Crippen molar-refractivity contribution in [1.82, 2.24) is 10.2 Å². The van der Waals surface area contributed by atoms with E-state index in [-0.39, 0.29) is 23.8 Å². The lowest BCUT2D eigenvalue weighted by molar-refractivity contribution is -0.142. The van der Waals surface area contributed by atoms with E-state index >= 15 is 0 Å². The van der Waals surface area contributed by atoms with E-state index in [0.717, 1.165) is 5.56 Å². The first-order valence-electron chi connectivity index (χ1n) is 9.72. The van der Waals surface area contributed by atoms with E-state index in [9.17, 15) is 14.4 Å². The fraction of sp³-hybridized carbons (Fsp3) is 0.318. The maximum Gasteiger partial charge on any atom is 0.250 e. The second-order valence-corrected chi connectivity index (χ2v) is 8.33. The molecule has 1 spiro atoms. The van der Waals surface area contributed by atoms with Gasteiger partial charge in [-0.25, -0.2) is 0 Å². The third kappa shape index (κ3) is 2.42. The highest BCUT2D eigenvalue weighted by Gasteiger charge is 2.69. The standard InChI is InChI=1S/C22H20ClN3O3/c1-12-16-17(20(28)26(19(16)27)11-10-13-6-3-2-4-7-13)22(25-12)14-8-5-9-15(23)18(14)24-21(22)29/h2-9,12,16-17,25H,10-11H2,1H3,(H,24,29)/t12?,16-,17+,22?/m0/s1. The van der Waals surface area contributed by atoms with Crippen LogP contribution in [0.4, 0.5) is 5.69 Å². The first-order valence-corrected chi connectivity index (χ1v) is 10.1. The summed E-state index contributed by atoms with van der Waals surface area (Å²) in [6, 6.07) is 14.7. The zero-order chi connectivity index (χ0) is 20.3. The number of benzene rings is 2. The topological polar surface area (TPSA) is 78.5 Å². The minimum Gasteiger partial charge on any atom is -0.323 e. The van der Waals surface area contributed by atoms with Crippen LogP contribution in [0, 0.1) is 11.8 Å². The number of likely N-dealkylation sites (tertiary alicyclic amines) is 1. The van der Waals surface area contributed by atoms with Crippen molar-refractivity contribution < 1.29 is 14.4 Å². The lowest BCUT2D eigenvalue weighted by atomic mass is 9.76. The van der Waals surface area contributed by atoms with Crippen LogP contribution in [0.3, 0.4) is 0 Å². The van der Waals surface area contributed by atoms with Crippen molar-refractivity contribution in [3.8, 4) is 0 Å². The fourth-order valence-corrected chi connectivity index (χ4v) is 5.34. The van der Waals surface area contributed by atoms with Gasteiger partial charge in [0.15, 0.2) is 0 Å². The minimum absolute atomic E-state index is 0.212. The minimum atomic E-state index is -1.27. The number of amides is 3. The molecule has 2 unspecified atom stereocenters. The number of nitrogens with one attached hydrogen (secondary N) is 2. The summed E-state index contributed by atoms with van der Waals surface area (Å²) in [5, 5.41) is 6.52. The number of fused-ring (bicyclic) bond motifs is 4. The first kappa shape index (κ1) is 18.3. The molecule has 0 bridgehead atoms. The first-order chi connectivity index (χ1) is 13.9. The van der Waals surface area contributed by atoms with Crippen molar-refractivity contribution in [1.29, 1.82) is 0 Å². The molecule has 2 aromatic rings. The van der Waals surface area contributed by atoms with Crippen molar-refractivity contribution in [2.24, 2.45) is 11.8 Å². The average Bonchev–Trinajstić information content (AvgIpc) is 3.27. The Bertz CT molecular complexity index is 1040. The Balaban J connectivity index is 1.52. The number of anilines is 1. The van der Waals surface area contributed by atoms with E-state index in [4.69, 9.17) is 11.6 Å². The van der Waals surface area contributed by atoms with Crippen LogP contribution in [0.25, 0.3) is 0 Å². The SMILES string of the molecule is CC1NC2(C(=O)Nc3c(Cl)cccc32)[C@H]2C(=O)N(CCc3ccccc3)C(=O)[C@@H]12. The van der Waals surface area contributed by atoms with Crippen LogP contribution in [-0.4, -0.2) is 35.2 Å². The molecule has 29 heavy (non-hydrogen) atoms. The van der Waals surface area contributed by atoms with Gasteiger partial charge < -0.3 is 5.32 Å². The van der Waals surface area contributed by atoms with Gasteiger partial charge in [-0.3, -0.25) is 24.6 Å². The Hall–Kier alpha value is -2.70. The van der Waals surface area contributed by atoms with Crippen LogP contribution in [0.1, 0.15) is 18.1 Å². The van der Waals surface area contributed by atoms with Crippen molar-refractivity contribution in [3.63, 3.8) is 0 Å². The van der Waals surface area contributed by atoms with E-state index in [1.165, 1.54) is 4.90 Å². The second kappa shape index (κ2) is 6.40. The van der Waals surface area contributed by atoms with Crippen LogP contribution < -0.4 is 10.6 Å². The molecule has 2 N–H and O–H groups in total. The van der Waals surface area contributed by atoms with Gasteiger partial charge in [-0.2, -0.15) is 0 Å². The van der Waals surface area contributed by atoms with Crippen molar-refractivity contribution in [2.45, 2.75) is 24.9 Å². The summed E-state index contributed by atoms with van der Waals surface area (Å²) in [6.45, 7) is 2.16. The fourth-order valence-electron chi connectivity index (χ4n) is 5.12. The quantitative estimate of drug-likeness (QED) is 0.762. The van der Waals surface area contributed by atoms with Gasteiger partial charge >= 0.3 is 0 Å². The van der Waals surface area contributed by atoms with E-state index < -0.39 is 17.4 Å². The highest BCUT2D eigenvalue weighted by atomic mass is 35.5. The molecule has 0 aromatic heterocycles. The molecule has 5 rings (SSSR count). The molecule has 7 heteroatoms. The van der Waals surface area contributed by atoms with Crippen molar-refractivity contribution >= 4 is 35.0 Å². The number of halogens is 1. The summed E-state index contributed by atoms with van der Waals surface area (Å²) in [4.78, 5) is 41.0. The molecule has 4 atom stereocenters. The Morgan fingerprint density at radius 3 is 2.55 bits per heavy atom. The predicted molar refractivity (Wildman–Crippen MR) is 108 cm³/mol. The zero-order valence-corrected chi connectivity index (χ0v) is 16.6. The summed E-state index contributed by atoms with van der Waals surface area (Å²) >= 11 is 6.28. The average molecular weight is 410 g/mol. The van der Waals surface area contributed by atoms with Gasteiger partial charge in [-0.15, -0.1) is 0 Å². The number of carbonyl (C=O) groups excluding carboxylic acids is 3. The summed E-state index contributed by atoms with van der Waals surface area (Å²) in [5.41, 5.74) is 0.947. The van der Waals surface area contributed by atoms with Crippen LogP contribution in [0.5, 0.6) is 0 Å². The lowest BCUT2D eigenvalue weighted by Crippen LogP contribution is -2.53. The molecule has 2 saturated heterocycles. The van der Waals surface area contributed by atoms with E-state index in [2.05, 4.69) is 10.6 Å². The van der Waals surface area contributed by atoms with Gasteiger partial charge in [-0.05, 0) is 25.0 Å². The molecule has 3 amide bonds. The molecule has 3 aliphatic rings. The third-order valence-corrected chi connectivity index (χ3v) is 6.72. The molecule has 6 nitrogen and oxygen atoms in total. The number of rotatable bonds is 3. The van der Waals surface area contributed by atoms with Crippen LogP contribution in [0.2, 0.25) is 5.02 Å². The number of carbonyl (C=O) groups is 3. The summed E-state index contributed by atoms with van der Waals surface area (Å²) in [6.07, 6.45) is 0.585. The number of imide groups is 1. The number of hydrogen-bond donors (Lipinski definition) is 2. The van der Waals surface area contributed by atoms with E-state index in [1.54, 1.807) is 18.2 Å². The number of hydrogen-bond acceptors (Lipinski definition) is 4. The molecule has 3 aliphatic heterocycles. The molecule has 2 fully saturated rings. The Labute approximate surface area is 173 Å². The van der Waals surface area contributed by atoms with E-state index in [0.29, 0.717) is 29.2 Å². The molecular formula is C22H20ClN3O3. The van der Waals surface area contributed by atoms with Gasteiger partial charge in [0.1, 0.15) is 5.54 Å². The van der Waals surface area contributed by atoms with E-state index in [1.807, 2.05) is 37.3 Å². The lowest BCUT2D eigenvalue weighted by Gasteiger charge is -2.29. The van der Waals surface area contributed by atoms with Gasteiger partial charge in [0.25, 0.3) is 0 Å². The molecular weight excluding hydrogens is 390 g/mol. The maximum atomic E-state index is 13.4. The Morgan fingerprint density at radius 1 is 1.03 bits per heavy atom. The largest absolute Gasteiger partial charge is 0.323 e. The molecule has 148 valence electrons. The van der Waals surface area contributed by atoms with Crippen molar-refractivity contribution in [2.75, 3.05) is 11.9 Å². The van der Waals surface area contributed by atoms with Gasteiger partial charge in [0.2, 0.25) is 17.7 Å². The smallest absolute Gasteiger partial charge is 0.250 e. The maximum absolute atomic E-state index is 13.4. The number of para-hydroxylation sites is 1. The van der Waals surface area contributed by atoms with Crippen LogP contribution in [-0.2, 0) is 26.3 Å². The molecule has 0 radical (unpaired) electrons. The van der Waals surface area contributed by atoms with Crippen LogP contribution in [0.15, 0.2) is 48.5 Å². The van der Waals surface area contributed by atoms with Crippen LogP contribution >= 0.6 is 11.6 Å². The molecule has 2 aromatic carbocycles.